The number of rotatable bonds is 3. The highest BCUT2D eigenvalue weighted by atomic mass is 19.1. The quantitative estimate of drug-likeness (QED) is 0.784. The summed E-state index contributed by atoms with van der Waals surface area (Å²) in [7, 11) is 0. The summed E-state index contributed by atoms with van der Waals surface area (Å²) in [6.45, 7) is 2.21. The third-order valence-corrected chi connectivity index (χ3v) is 4.58. The van der Waals surface area contributed by atoms with Gasteiger partial charge in [-0.15, -0.1) is 0 Å². The van der Waals surface area contributed by atoms with Gasteiger partial charge in [0.25, 0.3) is 5.91 Å². The molecular weight excluding hydrogens is 335 g/mol. The van der Waals surface area contributed by atoms with Crippen LogP contribution in [0.15, 0.2) is 42.9 Å². The number of fused-ring (bicyclic) bond motifs is 1. The maximum absolute atomic E-state index is 13.4. The lowest BCUT2D eigenvalue weighted by atomic mass is 10.0. The predicted octanol–water partition coefficient (Wildman–Crippen LogP) is 2.43. The fourth-order valence-electron chi connectivity index (χ4n) is 3.31. The highest BCUT2D eigenvalue weighted by Crippen LogP contribution is 2.19. The van der Waals surface area contributed by atoms with Crippen LogP contribution in [0.5, 0.6) is 0 Å². The Kier molecular flexibility index (Phi) is 4.62. The Morgan fingerprint density at radius 3 is 3.12 bits per heavy atom. The van der Waals surface area contributed by atoms with Crippen molar-refractivity contribution in [2.45, 2.75) is 6.42 Å². The first kappa shape index (κ1) is 16.7. The first-order valence-corrected chi connectivity index (χ1v) is 8.59. The molecule has 1 aliphatic rings. The van der Waals surface area contributed by atoms with E-state index in [-0.39, 0.29) is 17.6 Å². The van der Waals surface area contributed by atoms with Crippen LogP contribution >= 0.6 is 0 Å². The van der Waals surface area contributed by atoms with Gasteiger partial charge in [0.1, 0.15) is 17.8 Å². The van der Waals surface area contributed by atoms with Gasteiger partial charge in [-0.2, -0.15) is 0 Å². The first-order chi connectivity index (χ1) is 12.7. The van der Waals surface area contributed by atoms with Gasteiger partial charge >= 0.3 is 0 Å². The number of nitrogens with zero attached hydrogens (tertiary/aromatic N) is 3. The van der Waals surface area contributed by atoms with Crippen molar-refractivity contribution >= 4 is 16.8 Å². The zero-order valence-electron chi connectivity index (χ0n) is 14.2. The molecule has 1 aliphatic heterocycles. The van der Waals surface area contributed by atoms with Crippen LogP contribution in [0.4, 0.5) is 4.39 Å². The van der Waals surface area contributed by atoms with Crippen LogP contribution in [0, 0.1) is 11.7 Å². The zero-order chi connectivity index (χ0) is 17.9. The molecule has 0 bridgehead atoms. The Morgan fingerprint density at radius 2 is 2.27 bits per heavy atom. The number of halogens is 1. The molecule has 2 aromatic heterocycles. The number of carbonyl (C=O) groups is 1. The van der Waals surface area contributed by atoms with Crippen molar-refractivity contribution in [1.82, 2.24) is 19.9 Å². The summed E-state index contributed by atoms with van der Waals surface area (Å²) in [5, 5.41) is 0.818. The molecule has 0 spiro atoms. The van der Waals surface area contributed by atoms with Gasteiger partial charge in [0.05, 0.1) is 13.2 Å². The molecule has 0 radical (unpaired) electrons. The normalized spacial score (nSPS) is 18.0. The van der Waals surface area contributed by atoms with Crippen molar-refractivity contribution in [1.29, 1.82) is 0 Å². The Balaban J connectivity index is 1.51. The minimum Gasteiger partial charge on any atom is -0.379 e. The molecule has 0 aliphatic carbocycles. The van der Waals surface area contributed by atoms with E-state index < -0.39 is 0 Å². The van der Waals surface area contributed by atoms with Gasteiger partial charge in [0.2, 0.25) is 0 Å². The van der Waals surface area contributed by atoms with E-state index in [0.29, 0.717) is 37.5 Å². The number of ether oxygens (including phenoxy) is 1. The average molecular weight is 354 g/mol. The van der Waals surface area contributed by atoms with Crippen molar-refractivity contribution in [2.24, 2.45) is 5.92 Å². The number of aromatic amines is 1. The van der Waals surface area contributed by atoms with Crippen molar-refractivity contribution in [3.05, 3.63) is 60.1 Å². The first-order valence-electron chi connectivity index (χ1n) is 8.59. The standard InChI is InChI=1S/C19H19FN4O2/c20-15-2-1-14-8-18(23-17(14)9-15)19(25)24-5-6-26-11-13(10-24)7-16-3-4-21-12-22-16/h1-4,8-9,12-13,23H,5-7,10-11H2/t13-/m1/s1. The SMILES string of the molecule is O=C(c1cc2ccc(F)cc2[nH]1)N1CCOC[C@H](Cc2ccncn2)C1. The molecule has 1 fully saturated rings. The third kappa shape index (κ3) is 3.57. The van der Waals surface area contributed by atoms with Crippen LogP contribution in [0.25, 0.3) is 10.9 Å². The summed E-state index contributed by atoms with van der Waals surface area (Å²) in [6, 6.07) is 8.10. The van der Waals surface area contributed by atoms with Gasteiger partial charge in [-0.1, -0.05) is 0 Å². The number of aromatic nitrogens is 3. The Labute approximate surface area is 150 Å². The molecule has 1 N–H and O–H groups in total. The lowest BCUT2D eigenvalue weighted by Crippen LogP contribution is -2.36. The highest BCUT2D eigenvalue weighted by molar-refractivity contribution is 5.98. The minimum atomic E-state index is -0.327. The Bertz CT molecular complexity index is 912. The van der Waals surface area contributed by atoms with Gasteiger partial charge in [0, 0.05) is 41.8 Å². The van der Waals surface area contributed by atoms with E-state index in [1.54, 1.807) is 23.2 Å². The second kappa shape index (κ2) is 7.21. The van der Waals surface area contributed by atoms with E-state index in [2.05, 4.69) is 15.0 Å². The lowest BCUT2D eigenvalue weighted by molar-refractivity contribution is 0.0732. The van der Waals surface area contributed by atoms with Crippen molar-refractivity contribution in [3.8, 4) is 0 Å². The number of benzene rings is 1. The van der Waals surface area contributed by atoms with Gasteiger partial charge in [-0.05, 0) is 36.8 Å². The van der Waals surface area contributed by atoms with Crippen molar-refractivity contribution < 1.29 is 13.9 Å². The third-order valence-electron chi connectivity index (χ3n) is 4.58. The van der Waals surface area contributed by atoms with E-state index in [1.807, 2.05) is 6.07 Å². The topological polar surface area (TPSA) is 71.1 Å². The van der Waals surface area contributed by atoms with E-state index >= 15 is 0 Å². The average Bonchev–Trinajstić information content (AvgIpc) is 2.93. The summed E-state index contributed by atoms with van der Waals surface area (Å²) < 4.78 is 19.0. The molecule has 1 amide bonds. The number of hydrogen-bond donors (Lipinski definition) is 1. The Morgan fingerprint density at radius 1 is 1.35 bits per heavy atom. The highest BCUT2D eigenvalue weighted by Gasteiger charge is 2.25. The molecule has 3 heterocycles. The number of carbonyl (C=O) groups excluding carboxylic acids is 1. The lowest BCUT2D eigenvalue weighted by Gasteiger charge is -2.23. The molecule has 6 nitrogen and oxygen atoms in total. The van der Waals surface area contributed by atoms with Crippen LogP contribution in [0.2, 0.25) is 0 Å². The largest absolute Gasteiger partial charge is 0.379 e. The van der Waals surface area contributed by atoms with Crippen LogP contribution < -0.4 is 0 Å². The van der Waals surface area contributed by atoms with Crippen LogP contribution in [-0.4, -0.2) is 52.1 Å². The van der Waals surface area contributed by atoms with Crippen LogP contribution in [0.3, 0.4) is 0 Å². The summed E-state index contributed by atoms with van der Waals surface area (Å²) in [5.74, 6) is -0.260. The van der Waals surface area contributed by atoms with E-state index in [0.717, 1.165) is 17.5 Å². The predicted molar refractivity (Wildman–Crippen MR) is 94.2 cm³/mol. The fraction of sp³-hybridized carbons (Fsp3) is 0.316. The fourth-order valence-corrected chi connectivity index (χ4v) is 3.31. The van der Waals surface area contributed by atoms with Crippen LogP contribution in [0.1, 0.15) is 16.2 Å². The monoisotopic (exact) mass is 354 g/mol. The summed E-state index contributed by atoms with van der Waals surface area (Å²) >= 11 is 0. The molecule has 3 aromatic rings. The smallest absolute Gasteiger partial charge is 0.270 e. The van der Waals surface area contributed by atoms with Crippen molar-refractivity contribution in [3.63, 3.8) is 0 Å². The minimum absolute atomic E-state index is 0.0974. The van der Waals surface area contributed by atoms with Crippen LogP contribution in [-0.2, 0) is 11.2 Å². The maximum Gasteiger partial charge on any atom is 0.270 e. The van der Waals surface area contributed by atoms with E-state index in [4.69, 9.17) is 4.74 Å². The number of amides is 1. The molecule has 7 heteroatoms. The zero-order valence-corrected chi connectivity index (χ0v) is 14.2. The molecular formula is C19H19FN4O2. The van der Waals surface area contributed by atoms with Gasteiger partial charge in [-0.3, -0.25) is 4.79 Å². The number of H-pyrrole nitrogens is 1. The second-order valence-corrected chi connectivity index (χ2v) is 6.51. The molecule has 0 saturated carbocycles. The molecule has 134 valence electrons. The molecule has 4 rings (SSSR count). The molecule has 1 saturated heterocycles. The van der Waals surface area contributed by atoms with Gasteiger partial charge < -0.3 is 14.6 Å². The molecule has 1 aromatic carbocycles. The molecule has 26 heavy (non-hydrogen) atoms. The molecule has 0 unspecified atom stereocenters. The molecule has 1 atom stereocenters. The maximum atomic E-state index is 13.4. The van der Waals surface area contributed by atoms with Gasteiger partial charge in [0.15, 0.2) is 0 Å². The summed E-state index contributed by atoms with van der Waals surface area (Å²) in [5.41, 5.74) is 2.02. The number of nitrogens with one attached hydrogen (secondary N) is 1. The van der Waals surface area contributed by atoms with Crippen molar-refractivity contribution in [2.75, 3.05) is 26.3 Å². The Hall–Kier alpha value is -2.80. The second-order valence-electron chi connectivity index (χ2n) is 6.51. The number of hydrogen-bond acceptors (Lipinski definition) is 4. The van der Waals surface area contributed by atoms with E-state index in [9.17, 15) is 9.18 Å². The summed E-state index contributed by atoms with van der Waals surface area (Å²) in [4.78, 5) is 25.9. The van der Waals surface area contributed by atoms with Gasteiger partial charge in [-0.25, -0.2) is 14.4 Å². The van der Waals surface area contributed by atoms with E-state index in [1.165, 1.54) is 18.5 Å². The summed E-state index contributed by atoms with van der Waals surface area (Å²) in [6.07, 6.45) is 3.97.